The van der Waals surface area contributed by atoms with Crippen LogP contribution in [0.15, 0.2) is 39.3 Å². The van der Waals surface area contributed by atoms with Crippen LogP contribution in [0.1, 0.15) is 23.0 Å². The third kappa shape index (κ3) is 4.16. The number of rotatable bonds is 4. The minimum Gasteiger partial charge on any atom is -0.360 e. The van der Waals surface area contributed by atoms with E-state index in [9.17, 15) is 9.59 Å². The Labute approximate surface area is 130 Å². The van der Waals surface area contributed by atoms with Crippen LogP contribution >= 0.6 is 15.9 Å². The second-order valence-electron chi connectivity index (χ2n) is 4.51. The fraction of sp³-hybridized carbons (Fsp3) is 0.214. The van der Waals surface area contributed by atoms with Crippen LogP contribution in [0.5, 0.6) is 0 Å². The summed E-state index contributed by atoms with van der Waals surface area (Å²) in [7, 11) is 0. The van der Waals surface area contributed by atoms with Crippen LogP contribution in [0, 0.1) is 6.92 Å². The molecule has 0 saturated carbocycles. The molecule has 7 heteroatoms. The van der Waals surface area contributed by atoms with E-state index >= 15 is 0 Å². The smallest absolute Gasteiger partial charge is 0.251 e. The maximum Gasteiger partial charge on any atom is 0.251 e. The lowest BCUT2D eigenvalue weighted by molar-refractivity contribution is -0.117. The summed E-state index contributed by atoms with van der Waals surface area (Å²) in [4.78, 5) is 23.9. The molecule has 1 aromatic carbocycles. The topological polar surface area (TPSA) is 84.2 Å². The van der Waals surface area contributed by atoms with Gasteiger partial charge in [0.15, 0.2) is 5.82 Å². The number of benzene rings is 1. The minimum atomic E-state index is -0.696. The van der Waals surface area contributed by atoms with Crippen LogP contribution in [-0.4, -0.2) is 23.0 Å². The maximum atomic E-state index is 12.0. The van der Waals surface area contributed by atoms with Crippen molar-refractivity contribution in [3.05, 3.63) is 46.1 Å². The van der Waals surface area contributed by atoms with Crippen molar-refractivity contribution in [2.75, 3.05) is 5.32 Å². The molecule has 1 atom stereocenters. The Balaban J connectivity index is 1.93. The molecule has 0 unspecified atom stereocenters. The van der Waals surface area contributed by atoms with Crippen LogP contribution < -0.4 is 10.6 Å². The molecule has 1 heterocycles. The number of hydrogen-bond donors (Lipinski definition) is 2. The first-order valence-corrected chi connectivity index (χ1v) is 7.05. The molecule has 0 fully saturated rings. The average molecular weight is 352 g/mol. The summed E-state index contributed by atoms with van der Waals surface area (Å²) in [5.74, 6) is 0.231. The van der Waals surface area contributed by atoms with Gasteiger partial charge in [-0.25, -0.2) is 0 Å². The molecule has 2 N–H and O–H groups in total. The van der Waals surface area contributed by atoms with Crippen molar-refractivity contribution >= 4 is 33.6 Å². The highest BCUT2D eigenvalue weighted by Gasteiger charge is 2.17. The van der Waals surface area contributed by atoms with Crippen molar-refractivity contribution < 1.29 is 14.1 Å². The van der Waals surface area contributed by atoms with Gasteiger partial charge in [-0.2, -0.15) is 0 Å². The highest BCUT2D eigenvalue weighted by molar-refractivity contribution is 9.10. The molecule has 0 saturated heterocycles. The summed E-state index contributed by atoms with van der Waals surface area (Å²) in [5.41, 5.74) is 0.482. The lowest BCUT2D eigenvalue weighted by Crippen LogP contribution is -2.41. The molecular formula is C14H14BrN3O3. The van der Waals surface area contributed by atoms with Gasteiger partial charge in [0.1, 0.15) is 11.8 Å². The lowest BCUT2D eigenvalue weighted by atomic mass is 10.2. The first kappa shape index (κ1) is 15.2. The minimum absolute atomic E-state index is 0.318. The van der Waals surface area contributed by atoms with Crippen molar-refractivity contribution in [1.82, 2.24) is 10.5 Å². The van der Waals surface area contributed by atoms with Crippen LogP contribution in [0.2, 0.25) is 0 Å². The van der Waals surface area contributed by atoms with Gasteiger partial charge in [-0.15, -0.1) is 0 Å². The first-order chi connectivity index (χ1) is 9.95. The van der Waals surface area contributed by atoms with Gasteiger partial charge in [-0.1, -0.05) is 21.1 Å². The molecule has 21 heavy (non-hydrogen) atoms. The Morgan fingerprint density at radius 1 is 1.29 bits per heavy atom. The molecular weight excluding hydrogens is 338 g/mol. The number of carbonyl (C=O) groups is 2. The first-order valence-electron chi connectivity index (χ1n) is 6.26. The molecule has 0 radical (unpaired) electrons. The highest BCUT2D eigenvalue weighted by atomic mass is 79.9. The Morgan fingerprint density at radius 2 is 1.95 bits per heavy atom. The van der Waals surface area contributed by atoms with E-state index in [-0.39, 0.29) is 11.8 Å². The van der Waals surface area contributed by atoms with E-state index in [0.717, 1.165) is 4.47 Å². The summed E-state index contributed by atoms with van der Waals surface area (Å²) < 4.78 is 5.73. The van der Waals surface area contributed by atoms with Gasteiger partial charge in [0.25, 0.3) is 5.91 Å². The predicted octanol–water partition coefficient (Wildman–Crippen LogP) is 2.50. The van der Waals surface area contributed by atoms with E-state index in [2.05, 4.69) is 31.7 Å². The van der Waals surface area contributed by atoms with E-state index < -0.39 is 6.04 Å². The quantitative estimate of drug-likeness (QED) is 0.886. The van der Waals surface area contributed by atoms with Gasteiger partial charge in [0.2, 0.25) is 5.91 Å². The van der Waals surface area contributed by atoms with E-state index in [1.165, 1.54) is 0 Å². The van der Waals surface area contributed by atoms with Gasteiger partial charge in [0, 0.05) is 16.1 Å². The standard InChI is InChI=1S/C14H14BrN3O3/c1-8-7-12(18-21-8)17-13(19)9(2)16-14(20)10-3-5-11(15)6-4-10/h3-7,9H,1-2H3,(H,16,20)(H,17,18,19)/t9-/m1/s1. The Bertz CT molecular complexity index is 652. The fourth-order valence-corrected chi connectivity index (χ4v) is 1.87. The zero-order valence-electron chi connectivity index (χ0n) is 11.5. The van der Waals surface area contributed by atoms with Gasteiger partial charge in [0.05, 0.1) is 0 Å². The second kappa shape index (κ2) is 6.53. The summed E-state index contributed by atoms with van der Waals surface area (Å²) in [6.07, 6.45) is 0. The third-order valence-corrected chi connectivity index (χ3v) is 3.26. The zero-order valence-corrected chi connectivity index (χ0v) is 13.1. The normalized spacial score (nSPS) is 11.8. The molecule has 2 rings (SSSR count). The molecule has 0 aliphatic rings. The number of carbonyl (C=O) groups excluding carboxylic acids is 2. The van der Waals surface area contributed by atoms with E-state index in [4.69, 9.17) is 4.52 Å². The molecule has 6 nitrogen and oxygen atoms in total. The van der Waals surface area contributed by atoms with Crippen LogP contribution in [0.3, 0.4) is 0 Å². The van der Waals surface area contributed by atoms with E-state index in [0.29, 0.717) is 17.1 Å². The molecule has 110 valence electrons. The van der Waals surface area contributed by atoms with Gasteiger partial charge < -0.3 is 15.2 Å². The number of hydrogen-bond acceptors (Lipinski definition) is 4. The number of aryl methyl sites for hydroxylation is 1. The number of anilines is 1. The van der Waals surface area contributed by atoms with Gasteiger partial charge in [-0.05, 0) is 38.1 Å². The molecule has 2 amide bonds. The van der Waals surface area contributed by atoms with Crippen molar-refractivity contribution in [3.8, 4) is 0 Å². The largest absolute Gasteiger partial charge is 0.360 e. The third-order valence-electron chi connectivity index (χ3n) is 2.73. The van der Waals surface area contributed by atoms with Crippen molar-refractivity contribution in [2.45, 2.75) is 19.9 Å². The summed E-state index contributed by atoms with van der Waals surface area (Å²) in [6, 6.07) is 7.77. The maximum absolute atomic E-state index is 12.0. The number of halogens is 1. The monoisotopic (exact) mass is 351 g/mol. The van der Waals surface area contributed by atoms with Crippen molar-refractivity contribution in [2.24, 2.45) is 0 Å². The molecule has 1 aromatic heterocycles. The van der Waals surface area contributed by atoms with Gasteiger partial charge in [-0.3, -0.25) is 9.59 Å². The Morgan fingerprint density at radius 3 is 2.52 bits per heavy atom. The average Bonchev–Trinajstić information content (AvgIpc) is 2.84. The zero-order chi connectivity index (χ0) is 15.4. The molecule has 0 aliphatic heterocycles. The number of amides is 2. The van der Waals surface area contributed by atoms with E-state index in [1.54, 1.807) is 44.2 Å². The second-order valence-corrected chi connectivity index (χ2v) is 5.43. The molecule has 0 spiro atoms. The van der Waals surface area contributed by atoms with Crippen molar-refractivity contribution in [1.29, 1.82) is 0 Å². The summed E-state index contributed by atoms with van der Waals surface area (Å²) in [6.45, 7) is 3.32. The summed E-state index contributed by atoms with van der Waals surface area (Å²) in [5, 5.41) is 8.84. The van der Waals surface area contributed by atoms with E-state index in [1.807, 2.05) is 0 Å². The Kier molecular flexibility index (Phi) is 4.74. The van der Waals surface area contributed by atoms with Crippen molar-refractivity contribution in [3.63, 3.8) is 0 Å². The predicted molar refractivity (Wildman–Crippen MR) is 80.9 cm³/mol. The highest BCUT2D eigenvalue weighted by Crippen LogP contribution is 2.11. The molecule has 2 aromatic rings. The number of aromatic nitrogens is 1. The molecule has 0 aliphatic carbocycles. The van der Waals surface area contributed by atoms with Crippen LogP contribution in [-0.2, 0) is 4.79 Å². The number of nitrogens with one attached hydrogen (secondary N) is 2. The lowest BCUT2D eigenvalue weighted by Gasteiger charge is -2.12. The fourth-order valence-electron chi connectivity index (χ4n) is 1.61. The Hall–Kier alpha value is -2.15. The molecule has 0 bridgehead atoms. The SMILES string of the molecule is Cc1cc(NC(=O)[C@@H](C)NC(=O)c2ccc(Br)cc2)no1. The van der Waals surface area contributed by atoms with Crippen LogP contribution in [0.4, 0.5) is 5.82 Å². The summed E-state index contributed by atoms with van der Waals surface area (Å²) >= 11 is 3.30. The number of nitrogens with zero attached hydrogens (tertiary/aromatic N) is 1. The van der Waals surface area contributed by atoms with Crippen LogP contribution in [0.25, 0.3) is 0 Å². The van der Waals surface area contributed by atoms with Gasteiger partial charge >= 0.3 is 0 Å².